The van der Waals surface area contributed by atoms with Crippen LogP contribution in [0.5, 0.6) is 0 Å². The van der Waals surface area contributed by atoms with E-state index in [1.807, 2.05) is 0 Å². The Labute approximate surface area is 132 Å². The first-order valence-corrected chi connectivity index (χ1v) is 8.41. The Balaban J connectivity index is 2.36. The number of hydrogen-bond acceptors (Lipinski definition) is 3. The summed E-state index contributed by atoms with van der Waals surface area (Å²) in [6.45, 7) is 0. The van der Waals surface area contributed by atoms with E-state index in [4.69, 9.17) is 11.6 Å². The first kappa shape index (κ1) is 14.8. The smallest absolute Gasteiger partial charge is 0.263 e. The largest absolute Gasteiger partial charge is 0.278 e. The van der Waals surface area contributed by atoms with Gasteiger partial charge in [-0.1, -0.05) is 27.5 Å². The van der Waals surface area contributed by atoms with Crippen molar-refractivity contribution in [1.82, 2.24) is 4.98 Å². The molecule has 19 heavy (non-hydrogen) atoms. The van der Waals surface area contributed by atoms with Gasteiger partial charge >= 0.3 is 0 Å². The lowest BCUT2D eigenvalue weighted by atomic mass is 10.3. The van der Waals surface area contributed by atoms with Crippen LogP contribution in [0.1, 0.15) is 0 Å². The minimum absolute atomic E-state index is 0.0564. The molecule has 0 saturated heterocycles. The fourth-order valence-electron chi connectivity index (χ4n) is 1.32. The highest BCUT2D eigenvalue weighted by molar-refractivity contribution is 9.10. The van der Waals surface area contributed by atoms with Gasteiger partial charge in [0.25, 0.3) is 10.0 Å². The standard InChI is InChI=1S/C11H7Br2ClN2O2S/c12-7-1-2-11(10(14)4-7)16-19(17,18)9-3-8(13)5-15-6-9/h1-6,16H. The summed E-state index contributed by atoms with van der Waals surface area (Å²) in [6, 6.07) is 6.35. The lowest BCUT2D eigenvalue weighted by Crippen LogP contribution is -2.13. The number of halogens is 3. The Hall–Kier alpha value is -0.630. The zero-order chi connectivity index (χ0) is 14.0. The maximum absolute atomic E-state index is 12.1. The van der Waals surface area contributed by atoms with E-state index < -0.39 is 10.0 Å². The molecule has 0 atom stereocenters. The second kappa shape index (κ2) is 5.78. The van der Waals surface area contributed by atoms with E-state index in [1.54, 1.807) is 18.2 Å². The number of aromatic nitrogens is 1. The van der Waals surface area contributed by atoms with Gasteiger partial charge in [-0.3, -0.25) is 9.71 Å². The molecular formula is C11H7Br2ClN2O2S. The van der Waals surface area contributed by atoms with Crippen LogP contribution in [0.25, 0.3) is 0 Å². The Kier molecular flexibility index (Phi) is 4.50. The number of nitrogens with one attached hydrogen (secondary N) is 1. The number of anilines is 1. The van der Waals surface area contributed by atoms with Gasteiger partial charge in [-0.25, -0.2) is 8.42 Å². The van der Waals surface area contributed by atoms with E-state index in [1.165, 1.54) is 18.5 Å². The Morgan fingerprint density at radius 3 is 2.47 bits per heavy atom. The van der Waals surface area contributed by atoms with Crippen molar-refractivity contribution < 1.29 is 8.42 Å². The molecule has 0 fully saturated rings. The third-order valence-electron chi connectivity index (χ3n) is 2.17. The van der Waals surface area contributed by atoms with E-state index in [0.29, 0.717) is 15.2 Å². The topological polar surface area (TPSA) is 59.1 Å². The van der Waals surface area contributed by atoms with E-state index in [0.717, 1.165) is 4.47 Å². The average Bonchev–Trinajstić information content (AvgIpc) is 2.33. The van der Waals surface area contributed by atoms with Gasteiger partial charge in [0.05, 0.1) is 10.7 Å². The molecule has 1 aromatic heterocycles. The molecule has 100 valence electrons. The molecule has 1 aromatic carbocycles. The second-order valence-corrected chi connectivity index (χ2v) is 7.49. The quantitative estimate of drug-likeness (QED) is 0.805. The first-order chi connectivity index (χ1) is 8.88. The molecule has 0 aliphatic carbocycles. The highest BCUT2D eigenvalue weighted by Crippen LogP contribution is 2.28. The lowest BCUT2D eigenvalue weighted by Gasteiger charge is -2.09. The van der Waals surface area contributed by atoms with Gasteiger partial charge in [0.15, 0.2) is 0 Å². The zero-order valence-electron chi connectivity index (χ0n) is 9.27. The molecule has 0 radical (unpaired) electrons. The zero-order valence-corrected chi connectivity index (χ0v) is 14.0. The highest BCUT2D eigenvalue weighted by Gasteiger charge is 2.16. The third kappa shape index (κ3) is 3.68. The van der Waals surface area contributed by atoms with E-state index in [-0.39, 0.29) is 4.90 Å². The molecule has 0 bridgehead atoms. The minimum atomic E-state index is -3.71. The van der Waals surface area contributed by atoms with E-state index in [9.17, 15) is 8.42 Å². The molecule has 0 saturated carbocycles. The Bertz CT molecular complexity index is 722. The summed E-state index contributed by atoms with van der Waals surface area (Å²) in [7, 11) is -3.71. The fraction of sp³-hybridized carbons (Fsp3) is 0. The monoisotopic (exact) mass is 424 g/mol. The van der Waals surface area contributed by atoms with Crippen LogP contribution in [0.2, 0.25) is 5.02 Å². The summed E-state index contributed by atoms with van der Waals surface area (Å²) in [5.41, 5.74) is 0.310. The number of nitrogens with zero attached hydrogens (tertiary/aromatic N) is 1. The van der Waals surface area contributed by atoms with Crippen molar-refractivity contribution in [2.45, 2.75) is 4.90 Å². The van der Waals surface area contributed by atoms with Gasteiger partial charge in [-0.2, -0.15) is 0 Å². The summed E-state index contributed by atoms with van der Waals surface area (Å²) < 4.78 is 28.1. The number of rotatable bonds is 3. The van der Waals surface area contributed by atoms with Crippen LogP contribution >= 0.6 is 43.5 Å². The number of pyridine rings is 1. The predicted octanol–water partition coefficient (Wildman–Crippen LogP) is 4.06. The summed E-state index contributed by atoms with van der Waals surface area (Å²) in [5.74, 6) is 0. The van der Waals surface area contributed by atoms with Gasteiger partial charge in [0, 0.05) is 21.3 Å². The van der Waals surface area contributed by atoms with E-state index in [2.05, 4.69) is 41.6 Å². The number of benzene rings is 1. The van der Waals surface area contributed by atoms with Gasteiger partial charge in [-0.15, -0.1) is 0 Å². The van der Waals surface area contributed by atoms with Gasteiger partial charge in [0.1, 0.15) is 4.90 Å². The van der Waals surface area contributed by atoms with Crippen LogP contribution < -0.4 is 4.72 Å². The fourth-order valence-corrected chi connectivity index (χ4v) is 3.68. The van der Waals surface area contributed by atoms with Crippen molar-refractivity contribution in [3.63, 3.8) is 0 Å². The van der Waals surface area contributed by atoms with Crippen LogP contribution in [0, 0.1) is 0 Å². The van der Waals surface area contributed by atoms with Crippen molar-refractivity contribution in [2.24, 2.45) is 0 Å². The molecule has 0 spiro atoms. The van der Waals surface area contributed by atoms with Crippen molar-refractivity contribution >= 4 is 59.2 Å². The summed E-state index contributed by atoms with van der Waals surface area (Å²) in [6.07, 6.45) is 2.77. The summed E-state index contributed by atoms with van der Waals surface area (Å²) >= 11 is 12.4. The van der Waals surface area contributed by atoms with Crippen LogP contribution in [-0.2, 0) is 10.0 Å². The third-order valence-corrected chi connectivity index (χ3v) is 4.74. The number of sulfonamides is 1. The molecule has 0 aliphatic heterocycles. The summed E-state index contributed by atoms with van der Waals surface area (Å²) in [4.78, 5) is 3.88. The maximum atomic E-state index is 12.1. The highest BCUT2D eigenvalue weighted by atomic mass is 79.9. The lowest BCUT2D eigenvalue weighted by molar-refractivity contribution is 0.600. The second-order valence-electron chi connectivity index (χ2n) is 3.57. The summed E-state index contributed by atoms with van der Waals surface area (Å²) in [5, 5.41) is 0.306. The van der Waals surface area contributed by atoms with Crippen molar-refractivity contribution in [2.75, 3.05) is 4.72 Å². The molecule has 0 aliphatic rings. The van der Waals surface area contributed by atoms with Crippen LogP contribution in [0.15, 0.2) is 50.5 Å². The molecule has 0 unspecified atom stereocenters. The van der Waals surface area contributed by atoms with Crippen LogP contribution in [-0.4, -0.2) is 13.4 Å². The Morgan fingerprint density at radius 2 is 1.84 bits per heavy atom. The minimum Gasteiger partial charge on any atom is -0.278 e. The Morgan fingerprint density at radius 1 is 1.11 bits per heavy atom. The first-order valence-electron chi connectivity index (χ1n) is 4.97. The molecule has 8 heteroatoms. The normalized spacial score (nSPS) is 11.3. The molecule has 0 amide bonds. The molecular weight excluding hydrogens is 419 g/mol. The molecule has 1 heterocycles. The average molecular weight is 427 g/mol. The molecule has 4 nitrogen and oxygen atoms in total. The molecule has 2 aromatic rings. The molecule has 2 rings (SSSR count). The maximum Gasteiger partial charge on any atom is 0.263 e. The van der Waals surface area contributed by atoms with Crippen molar-refractivity contribution in [3.8, 4) is 0 Å². The van der Waals surface area contributed by atoms with Gasteiger partial charge in [0.2, 0.25) is 0 Å². The SMILES string of the molecule is O=S(=O)(Nc1ccc(Br)cc1Cl)c1cncc(Br)c1. The molecule has 1 N–H and O–H groups in total. The van der Waals surface area contributed by atoms with Gasteiger partial charge < -0.3 is 0 Å². The van der Waals surface area contributed by atoms with Crippen molar-refractivity contribution in [1.29, 1.82) is 0 Å². The number of hydrogen-bond donors (Lipinski definition) is 1. The van der Waals surface area contributed by atoms with Crippen LogP contribution in [0.4, 0.5) is 5.69 Å². The van der Waals surface area contributed by atoms with Crippen molar-refractivity contribution in [3.05, 3.63) is 50.6 Å². The predicted molar refractivity (Wildman–Crippen MR) is 81.9 cm³/mol. The van der Waals surface area contributed by atoms with Gasteiger partial charge in [-0.05, 0) is 40.2 Å². The van der Waals surface area contributed by atoms with E-state index >= 15 is 0 Å². The van der Waals surface area contributed by atoms with Crippen LogP contribution in [0.3, 0.4) is 0 Å².